The third-order valence-electron chi connectivity index (χ3n) is 4.45. The summed E-state index contributed by atoms with van der Waals surface area (Å²) in [6.07, 6.45) is 0.911. The second-order valence-corrected chi connectivity index (χ2v) is 5.88. The van der Waals surface area contributed by atoms with Crippen molar-refractivity contribution in [1.29, 1.82) is 0 Å². The first kappa shape index (κ1) is 15.5. The van der Waals surface area contributed by atoms with Crippen LogP contribution in [-0.4, -0.2) is 40.0 Å². The zero-order chi connectivity index (χ0) is 16.6. The first-order valence-electron chi connectivity index (χ1n) is 7.81. The number of rotatable bonds is 3. The summed E-state index contributed by atoms with van der Waals surface area (Å²) in [6, 6.07) is 4.82. The molecule has 0 spiro atoms. The van der Waals surface area contributed by atoms with Crippen molar-refractivity contribution in [3.8, 4) is 0 Å². The molecule has 2 heterocycles. The predicted molar refractivity (Wildman–Crippen MR) is 87.6 cm³/mol. The molecule has 1 aromatic carbocycles. The molecule has 1 unspecified atom stereocenters. The van der Waals surface area contributed by atoms with Crippen LogP contribution in [0.3, 0.4) is 0 Å². The highest BCUT2D eigenvalue weighted by Gasteiger charge is 2.26. The van der Waals surface area contributed by atoms with Crippen molar-refractivity contribution in [1.82, 2.24) is 14.5 Å². The molecule has 1 atom stereocenters. The van der Waals surface area contributed by atoms with Crippen LogP contribution in [0.5, 0.6) is 0 Å². The van der Waals surface area contributed by atoms with Gasteiger partial charge >= 0.3 is 5.69 Å². The van der Waals surface area contributed by atoms with Crippen molar-refractivity contribution in [3.63, 3.8) is 0 Å². The fourth-order valence-electron chi connectivity index (χ4n) is 3.07. The summed E-state index contributed by atoms with van der Waals surface area (Å²) in [5.41, 5.74) is 5.72. The number of hydrogen-bond acceptors (Lipinski definition) is 4. The van der Waals surface area contributed by atoms with Crippen LogP contribution in [0.25, 0.3) is 10.9 Å². The summed E-state index contributed by atoms with van der Waals surface area (Å²) in [6.45, 7) is 3.96. The molecular formula is C16H20N4O3. The molecule has 23 heavy (non-hydrogen) atoms. The van der Waals surface area contributed by atoms with Crippen LogP contribution in [0.1, 0.15) is 23.7 Å². The number of carbonyl (C=O) groups is 1. The van der Waals surface area contributed by atoms with Gasteiger partial charge in [0.05, 0.1) is 10.9 Å². The summed E-state index contributed by atoms with van der Waals surface area (Å²) >= 11 is 0. The van der Waals surface area contributed by atoms with Gasteiger partial charge in [-0.2, -0.15) is 0 Å². The summed E-state index contributed by atoms with van der Waals surface area (Å²) in [5.74, 6) is 0.249. The first-order valence-corrected chi connectivity index (χ1v) is 7.81. The highest BCUT2D eigenvalue weighted by molar-refractivity contribution is 5.97. The van der Waals surface area contributed by atoms with E-state index in [9.17, 15) is 14.4 Å². The van der Waals surface area contributed by atoms with Gasteiger partial charge in [-0.15, -0.1) is 0 Å². The molecule has 1 aliphatic heterocycles. The van der Waals surface area contributed by atoms with E-state index in [0.29, 0.717) is 48.6 Å². The van der Waals surface area contributed by atoms with E-state index >= 15 is 0 Å². The van der Waals surface area contributed by atoms with E-state index < -0.39 is 5.69 Å². The molecular weight excluding hydrogens is 296 g/mol. The molecule has 0 radical (unpaired) electrons. The largest absolute Gasteiger partial charge is 0.338 e. The van der Waals surface area contributed by atoms with Crippen molar-refractivity contribution in [2.24, 2.45) is 11.7 Å². The van der Waals surface area contributed by atoms with Crippen molar-refractivity contribution in [2.75, 3.05) is 19.6 Å². The Labute approximate surface area is 132 Å². The van der Waals surface area contributed by atoms with Crippen molar-refractivity contribution in [3.05, 3.63) is 44.6 Å². The standard InChI is InChI=1S/C16H20N4O3/c1-2-20-15(22)12-4-3-11(7-13(12)18-16(20)23)14(21)19-6-5-10(8-17)9-19/h3-4,7,10H,2,5-6,8-9,17H2,1H3,(H,18,23). The molecule has 7 heteroatoms. The lowest BCUT2D eigenvalue weighted by atomic mass is 10.1. The molecule has 1 saturated heterocycles. The molecule has 1 aromatic heterocycles. The predicted octanol–water partition coefficient (Wildman–Crippen LogP) is 0.131. The second kappa shape index (κ2) is 6.00. The van der Waals surface area contributed by atoms with Crippen LogP contribution < -0.4 is 17.0 Å². The zero-order valence-corrected chi connectivity index (χ0v) is 13.0. The molecule has 2 aromatic rings. The van der Waals surface area contributed by atoms with Gasteiger partial charge in [0.15, 0.2) is 0 Å². The number of nitrogens with two attached hydrogens (primary N) is 1. The van der Waals surface area contributed by atoms with Crippen molar-refractivity contribution < 1.29 is 4.79 Å². The summed E-state index contributed by atoms with van der Waals surface area (Å²) < 4.78 is 1.14. The number of benzene rings is 1. The number of likely N-dealkylation sites (tertiary alicyclic amines) is 1. The van der Waals surface area contributed by atoms with Gasteiger partial charge in [-0.1, -0.05) is 0 Å². The smallest absolute Gasteiger partial charge is 0.328 e. The Morgan fingerprint density at radius 2 is 2.17 bits per heavy atom. The maximum atomic E-state index is 12.6. The summed E-state index contributed by atoms with van der Waals surface area (Å²) in [7, 11) is 0. The van der Waals surface area contributed by atoms with Gasteiger partial charge in [-0.05, 0) is 44.0 Å². The number of nitrogens with zero attached hydrogens (tertiary/aromatic N) is 2. The average Bonchev–Trinajstić information content (AvgIpc) is 3.03. The zero-order valence-electron chi connectivity index (χ0n) is 13.0. The van der Waals surface area contributed by atoms with Crippen LogP contribution in [-0.2, 0) is 6.54 Å². The number of hydrogen-bond donors (Lipinski definition) is 2. The maximum absolute atomic E-state index is 12.6. The minimum Gasteiger partial charge on any atom is -0.338 e. The Hall–Kier alpha value is -2.41. The number of nitrogens with one attached hydrogen (secondary N) is 1. The number of H-pyrrole nitrogens is 1. The van der Waals surface area contributed by atoms with E-state index in [1.54, 1.807) is 30.0 Å². The van der Waals surface area contributed by atoms with E-state index in [-0.39, 0.29) is 11.5 Å². The fourth-order valence-corrected chi connectivity index (χ4v) is 3.07. The lowest BCUT2D eigenvalue weighted by Crippen LogP contribution is -2.34. The third kappa shape index (κ3) is 2.68. The molecule has 1 fully saturated rings. The van der Waals surface area contributed by atoms with Crippen molar-refractivity contribution in [2.45, 2.75) is 19.9 Å². The number of aromatic nitrogens is 2. The van der Waals surface area contributed by atoms with Crippen LogP contribution in [0.15, 0.2) is 27.8 Å². The van der Waals surface area contributed by atoms with E-state index in [0.717, 1.165) is 11.0 Å². The van der Waals surface area contributed by atoms with Crippen LogP contribution in [0.4, 0.5) is 0 Å². The number of amides is 1. The summed E-state index contributed by atoms with van der Waals surface area (Å²) in [5, 5.41) is 0.407. The Bertz CT molecular complexity index is 868. The fraction of sp³-hybridized carbons (Fsp3) is 0.438. The average molecular weight is 316 g/mol. The lowest BCUT2D eigenvalue weighted by molar-refractivity contribution is 0.0788. The van der Waals surface area contributed by atoms with E-state index in [4.69, 9.17) is 5.73 Å². The normalized spacial score (nSPS) is 17.8. The van der Waals surface area contributed by atoms with Gasteiger partial charge in [-0.3, -0.25) is 14.2 Å². The molecule has 0 bridgehead atoms. The molecule has 3 N–H and O–H groups in total. The van der Waals surface area contributed by atoms with Gasteiger partial charge in [0.1, 0.15) is 0 Å². The van der Waals surface area contributed by atoms with Gasteiger partial charge in [0, 0.05) is 25.2 Å². The molecule has 0 aliphatic carbocycles. The highest BCUT2D eigenvalue weighted by atomic mass is 16.2. The molecule has 122 valence electrons. The van der Waals surface area contributed by atoms with Crippen molar-refractivity contribution >= 4 is 16.8 Å². The monoisotopic (exact) mass is 316 g/mol. The Morgan fingerprint density at radius 1 is 1.39 bits per heavy atom. The maximum Gasteiger partial charge on any atom is 0.328 e. The van der Waals surface area contributed by atoms with Crippen LogP contribution >= 0.6 is 0 Å². The molecule has 1 aliphatic rings. The van der Waals surface area contributed by atoms with Gasteiger partial charge < -0.3 is 15.6 Å². The van der Waals surface area contributed by atoms with Crippen LogP contribution in [0.2, 0.25) is 0 Å². The van der Waals surface area contributed by atoms with Gasteiger partial charge in [0.25, 0.3) is 11.5 Å². The quantitative estimate of drug-likeness (QED) is 0.840. The molecule has 7 nitrogen and oxygen atoms in total. The van der Waals surface area contributed by atoms with E-state index in [1.807, 2.05) is 0 Å². The van der Waals surface area contributed by atoms with Gasteiger partial charge in [0.2, 0.25) is 0 Å². The number of aromatic amines is 1. The topological polar surface area (TPSA) is 101 Å². The Morgan fingerprint density at radius 3 is 2.83 bits per heavy atom. The highest BCUT2D eigenvalue weighted by Crippen LogP contribution is 2.19. The Kier molecular flexibility index (Phi) is 4.04. The van der Waals surface area contributed by atoms with E-state index in [2.05, 4.69) is 4.98 Å². The lowest BCUT2D eigenvalue weighted by Gasteiger charge is -2.16. The summed E-state index contributed by atoms with van der Waals surface area (Å²) in [4.78, 5) is 41.1. The number of carbonyl (C=O) groups excluding carboxylic acids is 1. The first-order chi connectivity index (χ1) is 11.0. The van der Waals surface area contributed by atoms with Crippen LogP contribution in [0, 0.1) is 5.92 Å². The second-order valence-electron chi connectivity index (χ2n) is 5.88. The van der Waals surface area contributed by atoms with E-state index in [1.165, 1.54) is 0 Å². The van der Waals surface area contributed by atoms with Gasteiger partial charge in [-0.25, -0.2) is 4.79 Å². The minimum absolute atomic E-state index is 0.0941. The number of fused-ring (bicyclic) bond motifs is 1. The molecule has 0 saturated carbocycles. The SMILES string of the molecule is CCn1c(=O)[nH]c2cc(C(=O)N3CCC(CN)C3)ccc2c1=O. The molecule has 1 amide bonds. The third-order valence-corrected chi connectivity index (χ3v) is 4.45. The Balaban J connectivity index is 1.99. The minimum atomic E-state index is -0.459. The molecule has 3 rings (SSSR count).